The molecule has 0 spiro atoms. The topological polar surface area (TPSA) is 6.48 Å². The summed E-state index contributed by atoms with van der Waals surface area (Å²) in [6, 6.07) is 18.8. The zero-order valence-corrected chi connectivity index (χ0v) is 17.0. The van der Waals surface area contributed by atoms with Gasteiger partial charge in [0, 0.05) is 35.6 Å². The van der Waals surface area contributed by atoms with Gasteiger partial charge in [-0.3, -0.25) is 0 Å². The Hall–Kier alpha value is -2.47. The van der Waals surface area contributed by atoms with E-state index in [0.717, 1.165) is 42.0 Å². The third kappa shape index (κ3) is 3.61. The van der Waals surface area contributed by atoms with Crippen LogP contribution in [0.1, 0.15) is 29.5 Å². The smallest absolute Gasteiger partial charge is 0.0601 e. The SMILES string of the molecule is C#Cc1ccc(N2CCCCN2CCc2c(C)cccc2Cl)c2ccccc12. The molecule has 3 heteroatoms. The highest BCUT2D eigenvalue weighted by Gasteiger charge is 2.22. The first-order valence-corrected chi connectivity index (χ1v) is 10.3. The first-order chi connectivity index (χ1) is 13.7. The first-order valence-electron chi connectivity index (χ1n) is 9.94. The van der Waals surface area contributed by atoms with E-state index in [4.69, 9.17) is 18.0 Å². The summed E-state index contributed by atoms with van der Waals surface area (Å²) in [6.45, 7) is 5.19. The largest absolute Gasteiger partial charge is 0.305 e. The van der Waals surface area contributed by atoms with E-state index in [0.29, 0.717) is 0 Å². The van der Waals surface area contributed by atoms with Crippen LogP contribution in [-0.2, 0) is 6.42 Å². The van der Waals surface area contributed by atoms with Crippen LogP contribution in [0.5, 0.6) is 0 Å². The second-order valence-corrected chi connectivity index (χ2v) is 7.80. The van der Waals surface area contributed by atoms with E-state index in [1.165, 1.54) is 35.0 Å². The number of hydrazine groups is 1. The fourth-order valence-corrected chi connectivity index (χ4v) is 4.50. The number of hydrogen-bond donors (Lipinski definition) is 0. The Kier molecular flexibility index (Phi) is 5.57. The van der Waals surface area contributed by atoms with Gasteiger partial charge in [0.15, 0.2) is 0 Å². The van der Waals surface area contributed by atoms with E-state index in [1.807, 2.05) is 12.1 Å². The Balaban J connectivity index is 1.65. The minimum atomic E-state index is 0.868. The van der Waals surface area contributed by atoms with Gasteiger partial charge in [-0.15, -0.1) is 6.42 Å². The van der Waals surface area contributed by atoms with Gasteiger partial charge in [0.2, 0.25) is 0 Å². The number of fused-ring (bicyclic) bond motifs is 1. The van der Waals surface area contributed by atoms with Gasteiger partial charge in [-0.1, -0.05) is 53.9 Å². The highest BCUT2D eigenvalue weighted by molar-refractivity contribution is 6.31. The predicted molar refractivity (Wildman–Crippen MR) is 120 cm³/mol. The first kappa shape index (κ1) is 18.9. The molecule has 0 aliphatic carbocycles. The van der Waals surface area contributed by atoms with Gasteiger partial charge in [0.25, 0.3) is 0 Å². The zero-order valence-electron chi connectivity index (χ0n) is 16.3. The van der Waals surface area contributed by atoms with Crippen molar-refractivity contribution >= 4 is 28.1 Å². The molecule has 1 aliphatic heterocycles. The fraction of sp³-hybridized carbons (Fsp3) is 0.280. The van der Waals surface area contributed by atoms with Crippen LogP contribution in [0.15, 0.2) is 54.6 Å². The van der Waals surface area contributed by atoms with Crippen molar-refractivity contribution in [1.29, 1.82) is 0 Å². The molecule has 1 fully saturated rings. The molecule has 2 nitrogen and oxygen atoms in total. The molecule has 3 aromatic carbocycles. The van der Waals surface area contributed by atoms with Gasteiger partial charge in [-0.25, -0.2) is 5.01 Å². The van der Waals surface area contributed by atoms with E-state index >= 15 is 0 Å². The summed E-state index contributed by atoms with van der Waals surface area (Å²) in [6.07, 6.45) is 9.09. The highest BCUT2D eigenvalue weighted by Crippen LogP contribution is 2.32. The third-order valence-electron chi connectivity index (χ3n) is 5.69. The number of benzene rings is 3. The molecule has 142 valence electrons. The molecule has 1 heterocycles. The summed E-state index contributed by atoms with van der Waals surface area (Å²) in [5, 5.41) is 8.16. The average Bonchev–Trinajstić information content (AvgIpc) is 2.73. The van der Waals surface area contributed by atoms with Crippen molar-refractivity contribution in [2.45, 2.75) is 26.2 Å². The quantitative estimate of drug-likeness (QED) is 0.518. The maximum atomic E-state index is 6.46. The molecule has 0 atom stereocenters. The van der Waals surface area contributed by atoms with Crippen LogP contribution in [0.25, 0.3) is 10.8 Å². The van der Waals surface area contributed by atoms with Crippen molar-refractivity contribution < 1.29 is 0 Å². The molecule has 0 aromatic heterocycles. The van der Waals surface area contributed by atoms with Crippen LogP contribution in [0.2, 0.25) is 5.02 Å². The molecule has 1 saturated heterocycles. The van der Waals surface area contributed by atoms with Crippen LogP contribution in [0, 0.1) is 19.3 Å². The summed E-state index contributed by atoms with van der Waals surface area (Å²) in [5.74, 6) is 2.82. The molecule has 28 heavy (non-hydrogen) atoms. The minimum absolute atomic E-state index is 0.868. The molecule has 4 rings (SSSR count). The monoisotopic (exact) mass is 388 g/mol. The number of anilines is 1. The number of terminal acetylenes is 1. The van der Waals surface area contributed by atoms with Crippen molar-refractivity contribution in [3.63, 3.8) is 0 Å². The molecular formula is C25H25ClN2. The second-order valence-electron chi connectivity index (χ2n) is 7.39. The van der Waals surface area contributed by atoms with Crippen LogP contribution in [-0.4, -0.2) is 24.6 Å². The summed E-state index contributed by atoms with van der Waals surface area (Å²) < 4.78 is 0. The van der Waals surface area contributed by atoms with Gasteiger partial charge in [0.1, 0.15) is 0 Å². The van der Waals surface area contributed by atoms with Gasteiger partial charge in [-0.2, -0.15) is 0 Å². The van der Waals surface area contributed by atoms with Gasteiger partial charge < -0.3 is 5.01 Å². The van der Waals surface area contributed by atoms with E-state index in [9.17, 15) is 0 Å². The molecule has 3 aromatic rings. The van der Waals surface area contributed by atoms with Crippen molar-refractivity contribution in [3.05, 3.63) is 76.3 Å². The maximum absolute atomic E-state index is 6.46. The Morgan fingerprint density at radius 1 is 0.964 bits per heavy atom. The standard InChI is InChI=1S/C25H25ClN2/c1-3-20-13-14-25(23-11-5-4-10-22(20)23)28-17-7-6-16-27(28)18-15-21-19(2)9-8-12-24(21)26/h1,4-5,8-14H,6-7,15-18H2,2H3. The van der Waals surface area contributed by atoms with Crippen LogP contribution in [0.4, 0.5) is 5.69 Å². The maximum Gasteiger partial charge on any atom is 0.0601 e. The van der Waals surface area contributed by atoms with Crippen LogP contribution >= 0.6 is 11.6 Å². The molecular weight excluding hydrogens is 364 g/mol. The van der Waals surface area contributed by atoms with Crippen molar-refractivity contribution in [2.75, 3.05) is 24.6 Å². The van der Waals surface area contributed by atoms with Crippen molar-refractivity contribution in [2.24, 2.45) is 0 Å². The Morgan fingerprint density at radius 2 is 1.75 bits per heavy atom. The number of rotatable bonds is 4. The molecule has 0 radical (unpaired) electrons. The lowest BCUT2D eigenvalue weighted by Crippen LogP contribution is -2.48. The Labute approximate surface area is 172 Å². The lowest BCUT2D eigenvalue weighted by molar-refractivity contribution is 0.215. The zero-order chi connectivity index (χ0) is 19.5. The second kappa shape index (κ2) is 8.27. The molecule has 0 bridgehead atoms. The summed E-state index contributed by atoms with van der Waals surface area (Å²) in [7, 11) is 0. The number of halogens is 1. The average molecular weight is 389 g/mol. The van der Waals surface area contributed by atoms with Gasteiger partial charge >= 0.3 is 0 Å². The normalized spacial score (nSPS) is 15.0. The molecule has 0 N–H and O–H groups in total. The highest BCUT2D eigenvalue weighted by atomic mass is 35.5. The summed E-state index contributed by atoms with van der Waals surface area (Å²) in [5.41, 5.74) is 4.71. The van der Waals surface area contributed by atoms with Gasteiger partial charge in [-0.05, 0) is 60.9 Å². The van der Waals surface area contributed by atoms with E-state index in [-0.39, 0.29) is 0 Å². The van der Waals surface area contributed by atoms with Gasteiger partial charge in [0.05, 0.1) is 5.69 Å². The van der Waals surface area contributed by atoms with Crippen molar-refractivity contribution in [3.8, 4) is 12.3 Å². The van der Waals surface area contributed by atoms with Crippen LogP contribution in [0.3, 0.4) is 0 Å². The van der Waals surface area contributed by atoms with E-state index in [1.54, 1.807) is 0 Å². The number of hydrogen-bond acceptors (Lipinski definition) is 2. The summed E-state index contributed by atoms with van der Waals surface area (Å²) in [4.78, 5) is 0. The van der Waals surface area contributed by atoms with Crippen LogP contribution < -0.4 is 5.01 Å². The lowest BCUT2D eigenvalue weighted by Gasteiger charge is -2.41. The number of aryl methyl sites for hydroxylation is 1. The lowest BCUT2D eigenvalue weighted by atomic mass is 10.0. The Morgan fingerprint density at radius 3 is 2.54 bits per heavy atom. The molecule has 1 aliphatic rings. The third-order valence-corrected chi connectivity index (χ3v) is 6.04. The summed E-state index contributed by atoms with van der Waals surface area (Å²) >= 11 is 6.46. The fourth-order valence-electron chi connectivity index (χ4n) is 4.18. The minimum Gasteiger partial charge on any atom is -0.305 e. The molecule has 0 amide bonds. The van der Waals surface area contributed by atoms with Crippen molar-refractivity contribution in [1.82, 2.24) is 5.01 Å². The van der Waals surface area contributed by atoms with E-state index < -0.39 is 0 Å². The predicted octanol–water partition coefficient (Wildman–Crippen LogP) is 5.84. The molecule has 0 saturated carbocycles. The number of nitrogens with zero attached hydrogens (tertiary/aromatic N) is 2. The Bertz CT molecular complexity index is 1010. The molecule has 0 unspecified atom stereocenters. The van der Waals surface area contributed by atoms with E-state index in [2.05, 4.69) is 65.3 Å².